The van der Waals surface area contributed by atoms with Gasteiger partial charge in [0, 0.05) is 6.08 Å². The van der Waals surface area contributed by atoms with Crippen LogP contribution in [0.2, 0.25) is 0 Å². The minimum Gasteiger partial charge on any atom is -0.366 e. The summed E-state index contributed by atoms with van der Waals surface area (Å²) in [5.41, 5.74) is 6.35. The number of nitrogens with one attached hydrogen (secondary N) is 1. The van der Waals surface area contributed by atoms with Crippen LogP contribution < -0.4 is 8.91 Å². The van der Waals surface area contributed by atoms with Crippen LogP contribution in [0.4, 0.5) is 0 Å². The predicted octanol–water partition coefficient (Wildman–Crippen LogP) is 7.82. The Hall–Kier alpha value is -3.11. The molecule has 7 heteroatoms. The molecular weight excluding hydrogens is 508 g/mol. The van der Waals surface area contributed by atoms with Gasteiger partial charge in [0.15, 0.2) is 5.75 Å². The second kappa shape index (κ2) is 13.3. The van der Waals surface area contributed by atoms with Gasteiger partial charge in [-0.1, -0.05) is 81.4 Å². The molecule has 6 nitrogen and oxygen atoms in total. The van der Waals surface area contributed by atoms with Crippen molar-refractivity contribution in [2.45, 2.75) is 105 Å². The van der Waals surface area contributed by atoms with Crippen molar-refractivity contribution in [3.05, 3.63) is 69.3 Å². The molecule has 0 aromatic heterocycles. The van der Waals surface area contributed by atoms with Crippen molar-refractivity contribution in [2.24, 2.45) is 0 Å². The Morgan fingerprint density at radius 3 is 1.67 bits per heavy atom. The van der Waals surface area contributed by atoms with Gasteiger partial charge in [-0.25, -0.2) is 4.72 Å². The molecular formula is C32H44N2O4S. The van der Waals surface area contributed by atoms with Gasteiger partial charge >= 0.3 is 10.3 Å². The van der Waals surface area contributed by atoms with Gasteiger partial charge in [0.25, 0.3) is 0 Å². The molecule has 2 aromatic carbocycles. The van der Waals surface area contributed by atoms with E-state index in [0.29, 0.717) is 17.0 Å². The molecule has 39 heavy (non-hydrogen) atoms. The van der Waals surface area contributed by atoms with E-state index >= 15 is 0 Å². The van der Waals surface area contributed by atoms with Crippen LogP contribution in [0.5, 0.6) is 5.75 Å². The van der Waals surface area contributed by atoms with Gasteiger partial charge in [-0.15, -0.1) is 0 Å². The molecule has 0 aliphatic rings. The van der Waals surface area contributed by atoms with Crippen LogP contribution in [0.25, 0.3) is 6.08 Å². The van der Waals surface area contributed by atoms with Crippen molar-refractivity contribution in [3.63, 3.8) is 0 Å². The van der Waals surface area contributed by atoms with Crippen LogP contribution in [0.3, 0.4) is 0 Å². The largest absolute Gasteiger partial charge is 0.409 e. The smallest absolute Gasteiger partial charge is 0.366 e. The van der Waals surface area contributed by atoms with Crippen LogP contribution in [-0.2, 0) is 21.5 Å². The Morgan fingerprint density at radius 2 is 1.28 bits per heavy atom. The molecule has 0 atom stereocenters. The number of benzene rings is 2. The van der Waals surface area contributed by atoms with Gasteiger partial charge in [0.2, 0.25) is 5.91 Å². The molecule has 0 heterocycles. The van der Waals surface area contributed by atoms with Crippen LogP contribution in [-0.4, -0.2) is 14.3 Å². The van der Waals surface area contributed by atoms with E-state index in [4.69, 9.17) is 9.44 Å². The van der Waals surface area contributed by atoms with Crippen molar-refractivity contribution in [2.75, 3.05) is 0 Å². The fourth-order valence-electron chi connectivity index (χ4n) is 4.66. The molecule has 0 fully saturated rings. The standard InChI is InChI=1S/C32H44N2O4S/c1-19(2)25-16-26(20(3)4)30(27(17-25)21(5)6)18-31(35)34-39(36,37)38-32-28(22(7)8)14-24(12-11-13-33)15-29(32)23(9)10/h11-12,14-17,19-23H,18H2,1-10H3,(H,34,35)/b12-11+. The van der Waals surface area contributed by atoms with E-state index in [9.17, 15) is 13.2 Å². The second-order valence-electron chi connectivity index (χ2n) is 11.7. The van der Waals surface area contributed by atoms with Gasteiger partial charge in [0.05, 0.1) is 12.5 Å². The molecule has 0 spiro atoms. The molecule has 0 aliphatic carbocycles. The lowest BCUT2D eigenvalue weighted by molar-refractivity contribution is -0.118. The number of hydrogen-bond acceptors (Lipinski definition) is 5. The second-order valence-corrected chi connectivity index (χ2v) is 13.0. The zero-order chi connectivity index (χ0) is 29.7. The number of allylic oxidation sites excluding steroid dienone is 1. The summed E-state index contributed by atoms with van der Waals surface area (Å²) in [5.74, 6) is 0.161. The fraction of sp³-hybridized carbons (Fsp3) is 0.500. The zero-order valence-corrected chi connectivity index (χ0v) is 25.9. The van der Waals surface area contributed by atoms with Crippen molar-refractivity contribution < 1.29 is 17.4 Å². The molecule has 0 aliphatic heterocycles. The maximum atomic E-state index is 13.2. The van der Waals surface area contributed by atoms with Crippen molar-refractivity contribution >= 4 is 22.3 Å². The van der Waals surface area contributed by atoms with Crippen LogP contribution >= 0.6 is 0 Å². The van der Waals surface area contributed by atoms with Crippen molar-refractivity contribution in [3.8, 4) is 11.8 Å². The highest BCUT2D eigenvalue weighted by Gasteiger charge is 2.26. The molecule has 0 unspecified atom stereocenters. The van der Waals surface area contributed by atoms with Gasteiger partial charge in [0.1, 0.15) is 0 Å². The lowest BCUT2D eigenvalue weighted by Gasteiger charge is -2.23. The summed E-state index contributed by atoms with van der Waals surface area (Å²) in [6, 6.07) is 9.90. The Labute approximate surface area is 235 Å². The summed E-state index contributed by atoms with van der Waals surface area (Å²) in [6.07, 6.45) is 3.00. The van der Waals surface area contributed by atoms with Crippen molar-refractivity contribution in [1.29, 1.82) is 5.26 Å². The van der Waals surface area contributed by atoms with Crippen LogP contribution in [0, 0.1) is 11.3 Å². The van der Waals surface area contributed by atoms with E-state index < -0.39 is 16.2 Å². The quantitative estimate of drug-likeness (QED) is 0.287. The summed E-state index contributed by atoms with van der Waals surface area (Å²) in [6.45, 7) is 20.4. The maximum absolute atomic E-state index is 13.2. The average molecular weight is 553 g/mol. The Bertz CT molecular complexity index is 1300. The highest BCUT2D eigenvalue weighted by Crippen LogP contribution is 2.37. The first-order valence-corrected chi connectivity index (χ1v) is 15.1. The highest BCUT2D eigenvalue weighted by molar-refractivity contribution is 7.85. The molecule has 0 saturated carbocycles. The van der Waals surface area contributed by atoms with E-state index in [2.05, 4.69) is 58.4 Å². The number of amides is 1. The summed E-state index contributed by atoms with van der Waals surface area (Å²) in [7, 11) is -4.45. The molecule has 212 valence electrons. The first-order chi connectivity index (χ1) is 18.1. The average Bonchev–Trinajstić information content (AvgIpc) is 2.81. The van der Waals surface area contributed by atoms with Crippen molar-refractivity contribution in [1.82, 2.24) is 4.72 Å². The number of nitrogens with zero attached hydrogens (tertiary/aromatic N) is 1. The minimum atomic E-state index is -4.45. The predicted molar refractivity (Wildman–Crippen MR) is 159 cm³/mol. The van der Waals surface area contributed by atoms with Gasteiger partial charge in [-0.05, 0) is 86.7 Å². The van der Waals surface area contributed by atoms with E-state index in [1.54, 1.807) is 6.08 Å². The van der Waals surface area contributed by atoms with Gasteiger partial charge in [-0.2, -0.15) is 13.7 Å². The third kappa shape index (κ3) is 8.44. The number of carbonyl (C=O) groups is 1. The number of carbonyl (C=O) groups excluding carboxylic acids is 1. The monoisotopic (exact) mass is 552 g/mol. The summed E-state index contributed by atoms with van der Waals surface area (Å²) in [4.78, 5) is 13.2. The summed E-state index contributed by atoms with van der Waals surface area (Å²) >= 11 is 0. The topological polar surface area (TPSA) is 96.3 Å². The Balaban J connectivity index is 2.47. The fourth-order valence-corrected chi connectivity index (χ4v) is 5.46. The third-order valence-corrected chi connectivity index (χ3v) is 7.65. The molecule has 1 amide bonds. The number of nitriles is 1. The lowest BCUT2D eigenvalue weighted by Crippen LogP contribution is -2.36. The van der Waals surface area contributed by atoms with E-state index in [-0.39, 0.29) is 35.8 Å². The third-order valence-electron chi connectivity index (χ3n) is 6.78. The highest BCUT2D eigenvalue weighted by atomic mass is 32.2. The van der Waals surface area contributed by atoms with E-state index in [1.165, 1.54) is 11.6 Å². The first-order valence-electron chi connectivity index (χ1n) is 13.7. The SMILES string of the molecule is CC(C)c1cc(C(C)C)c(CC(=O)NS(=O)(=O)Oc2c(C(C)C)cc(/C=C/C#N)cc2C(C)C)c(C(C)C)c1. The van der Waals surface area contributed by atoms with Crippen LogP contribution in [0.15, 0.2) is 30.3 Å². The first kappa shape index (κ1) is 32.1. The number of rotatable bonds is 11. The van der Waals surface area contributed by atoms with Gasteiger partial charge in [-0.3, -0.25) is 4.79 Å². The Morgan fingerprint density at radius 1 is 0.821 bits per heavy atom. The lowest BCUT2D eigenvalue weighted by atomic mass is 9.83. The van der Waals surface area contributed by atoms with E-state index in [0.717, 1.165) is 22.3 Å². The maximum Gasteiger partial charge on any atom is 0.409 e. The molecule has 2 rings (SSSR count). The molecule has 0 radical (unpaired) electrons. The normalized spacial score (nSPS) is 12.3. The molecule has 0 saturated heterocycles. The summed E-state index contributed by atoms with van der Waals surface area (Å²) in [5, 5.41) is 8.93. The Kier molecular flexibility index (Phi) is 10.9. The minimum absolute atomic E-state index is 0.0551. The van der Waals surface area contributed by atoms with E-state index in [1.807, 2.05) is 45.9 Å². The molecule has 1 N–H and O–H groups in total. The van der Waals surface area contributed by atoms with Crippen LogP contribution in [0.1, 0.15) is 138 Å². The zero-order valence-electron chi connectivity index (χ0n) is 25.0. The molecule has 0 bridgehead atoms. The molecule has 2 aromatic rings. The number of hydrogen-bond donors (Lipinski definition) is 1. The van der Waals surface area contributed by atoms with Gasteiger partial charge < -0.3 is 4.18 Å². The summed E-state index contributed by atoms with van der Waals surface area (Å²) < 4.78 is 34.1.